The minimum Gasteiger partial charge on any atom is -0.383 e. The highest BCUT2D eigenvalue weighted by Crippen LogP contribution is 2.14. The van der Waals surface area contributed by atoms with Gasteiger partial charge >= 0.3 is 0 Å². The van der Waals surface area contributed by atoms with Crippen molar-refractivity contribution in [3.63, 3.8) is 0 Å². The summed E-state index contributed by atoms with van der Waals surface area (Å²) in [6, 6.07) is 10.0. The van der Waals surface area contributed by atoms with Gasteiger partial charge in [-0.1, -0.05) is 51.5 Å². The zero-order chi connectivity index (χ0) is 22.1. The highest BCUT2D eigenvalue weighted by Gasteiger charge is 2.15. The summed E-state index contributed by atoms with van der Waals surface area (Å²) in [4.78, 5) is 25.5. The Bertz CT molecular complexity index is 1070. The normalized spacial score (nSPS) is 12.7. The SMILES string of the molecule is CCCCNC(=O)/C(C#N)=c1\s/c(=C\c2ccc(C(C)C)cc2)c(=O)n1CCOC. The molecular weight excluding hydrogens is 398 g/mol. The van der Waals surface area contributed by atoms with E-state index in [1.165, 1.54) is 10.1 Å². The van der Waals surface area contributed by atoms with E-state index in [1.807, 2.05) is 37.3 Å². The standard InChI is InChI=1S/C23H29N3O3S/c1-5-6-11-25-21(27)19(15-24)23-26(12-13-29-4)22(28)20(30-23)14-17-7-9-18(10-8-17)16(2)3/h7-10,14,16H,5-6,11-13H2,1-4H3,(H,25,27)/b20-14-,23-19-. The topological polar surface area (TPSA) is 84.1 Å². The van der Waals surface area contributed by atoms with E-state index in [-0.39, 0.29) is 17.7 Å². The van der Waals surface area contributed by atoms with Crippen molar-refractivity contribution in [2.45, 2.75) is 46.1 Å². The molecule has 0 saturated heterocycles. The van der Waals surface area contributed by atoms with Gasteiger partial charge in [-0.05, 0) is 29.5 Å². The van der Waals surface area contributed by atoms with Crippen LogP contribution in [0.5, 0.6) is 0 Å². The number of thiazole rings is 1. The molecule has 6 nitrogen and oxygen atoms in total. The van der Waals surface area contributed by atoms with E-state index in [1.54, 1.807) is 13.2 Å². The molecule has 0 atom stereocenters. The van der Waals surface area contributed by atoms with Gasteiger partial charge in [0.25, 0.3) is 11.5 Å². The third kappa shape index (κ3) is 5.91. The lowest BCUT2D eigenvalue weighted by Crippen LogP contribution is -2.36. The van der Waals surface area contributed by atoms with Crippen molar-refractivity contribution in [2.24, 2.45) is 0 Å². The maximum atomic E-state index is 13.0. The Morgan fingerprint density at radius 2 is 2.03 bits per heavy atom. The van der Waals surface area contributed by atoms with Gasteiger partial charge in [0, 0.05) is 13.7 Å². The van der Waals surface area contributed by atoms with Crippen LogP contribution in [0, 0.1) is 11.3 Å². The van der Waals surface area contributed by atoms with Crippen molar-refractivity contribution in [2.75, 3.05) is 20.3 Å². The van der Waals surface area contributed by atoms with Crippen LogP contribution in [0.15, 0.2) is 29.1 Å². The molecule has 2 rings (SSSR count). The molecule has 1 aromatic carbocycles. The first-order valence-electron chi connectivity index (χ1n) is 10.2. The molecule has 0 bridgehead atoms. The van der Waals surface area contributed by atoms with Gasteiger partial charge in [-0.25, -0.2) is 0 Å². The second-order valence-corrected chi connectivity index (χ2v) is 8.31. The van der Waals surface area contributed by atoms with E-state index in [4.69, 9.17) is 4.74 Å². The molecule has 1 amide bonds. The number of benzene rings is 1. The Morgan fingerprint density at radius 1 is 1.33 bits per heavy atom. The number of amides is 1. The molecule has 0 saturated carbocycles. The number of rotatable bonds is 9. The molecule has 0 aliphatic rings. The van der Waals surface area contributed by atoms with Crippen LogP contribution in [-0.4, -0.2) is 30.7 Å². The average molecular weight is 428 g/mol. The van der Waals surface area contributed by atoms with Gasteiger partial charge < -0.3 is 10.1 Å². The maximum Gasteiger partial charge on any atom is 0.269 e. The van der Waals surface area contributed by atoms with Crippen LogP contribution in [-0.2, 0) is 16.1 Å². The predicted octanol–water partition coefficient (Wildman–Crippen LogP) is 2.10. The summed E-state index contributed by atoms with van der Waals surface area (Å²) in [5.41, 5.74) is 1.85. The minimum atomic E-state index is -0.453. The molecule has 2 aromatic rings. The fourth-order valence-corrected chi connectivity index (χ4v) is 4.01. The maximum absolute atomic E-state index is 13.0. The monoisotopic (exact) mass is 427 g/mol. The van der Waals surface area contributed by atoms with E-state index < -0.39 is 5.91 Å². The molecule has 0 aliphatic heterocycles. The highest BCUT2D eigenvalue weighted by molar-refractivity contribution is 7.07. The summed E-state index contributed by atoms with van der Waals surface area (Å²) in [5.74, 6) is -0.0242. The van der Waals surface area contributed by atoms with Crippen molar-refractivity contribution in [1.82, 2.24) is 9.88 Å². The predicted molar refractivity (Wildman–Crippen MR) is 121 cm³/mol. The number of hydrogen-bond acceptors (Lipinski definition) is 5. The number of ether oxygens (including phenoxy) is 1. The molecule has 0 fully saturated rings. The molecule has 30 heavy (non-hydrogen) atoms. The lowest BCUT2D eigenvalue weighted by Gasteiger charge is -2.04. The van der Waals surface area contributed by atoms with Crippen LogP contribution in [0.3, 0.4) is 0 Å². The summed E-state index contributed by atoms with van der Waals surface area (Å²) in [7, 11) is 1.55. The molecule has 160 valence electrons. The fourth-order valence-electron chi connectivity index (χ4n) is 2.88. The molecule has 0 unspecified atom stereocenters. The molecule has 7 heteroatoms. The quantitative estimate of drug-likeness (QED) is 0.621. The molecule has 0 spiro atoms. The summed E-state index contributed by atoms with van der Waals surface area (Å²) in [6.45, 7) is 7.36. The number of hydrogen-bond donors (Lipinski definition) is 1. The van der Waals surface area contributed by atoms with Gasteiger partial charge in [0.15, 0.2) is 5.57 Å². The van der Waals surface area contributed by atoms with Crippen LogP contribution >= 0.6 is 11.3 Å². The first-order chi connectivity index (χ1) is 14.4. The third-order valence-corrected chi connectivity index (χ3v) is 5.83. The van der Waals surface area contributed by atoms with Crippen molar-refractivity contribution in [3.05, 3.63) is 54.9 Å². The number of aromatic nitrogens is 1. The van der Waals surface area contributed by atoms with Crippen molar-refractivity contribution >= 4 is 28.9 Å². The zero-order valence-electron chi connectivity index (χ0n) is 18.0. The van der Waals surface area contributed by atoms with E-state index in [0.717, 1.165) is 29.7 Å². The Morgan fingerprint density at radius 3 is 2.60 bits per heavy atom. The Hall–Kier alpha value is -2.69. The van der Waals surface area contributed by atoms with E-state index in [0.29, 0.717) is 28.3 Å². The smallest absolute Gasteiger partial charge is 0.269 e. The summed E-state index contributed by atoms with van der Waals surface area (Å²) in [6.07, 6.45) is 3.57. The highest BCUT2D eigenvalue weighted by atomic mass is 32.1. The van der Waals surface area contributed by atoms with E-state index in [9.17, 15) is 14.9 Å². The van der Waals surface area contributed by atoms with Crippen molar-refractivity contribution in [1.29, 1.82) is 5.26 Å². The van der Waals surface area contributed by atoms with E-state index in [2.05, 4.69) is 19.2 Å². The van der Waals surface area contributed by atoms with Crippen molar-refractivity contribution < 1.29 is 9.53 Å². The summed E-state index contributed by atoms with van der Waals surface area (Å²) < 4.78 is 7.41. The van der Waals surface area contributed by atoms with Gasteiger partial charge in [-0.2, -0.15) is 5.26 Å². The van der Waals surface area contributed by atoms with Gasteiger partial charge in [-0.3, -0.25) is 14.2 Å². The van der Waals surface area contributed by atoms with Gasteiger partial charge in [-0.15, -0.1) is 11.3 Å². The molecule has 1 heterocycles. The van der Waals surface area contributed by atoms with Crippen LogP contribution in [0.2, 0.25) is 0 Å². The average Bonchev–Trinajstić information content (AvgIpc) is 3.02. The first kappa shape index (κ1) is 23.6. The largest absolute Gasteiger partial charge is 0.383 e. The third-order valence-electron chi connectivity index (χ3n) is 4.70. The lowest BCUT2D eigenvalue weighted by atomic mass is 10.0. The molecule has 1 N–H and O–H groups in total. The lowest BCUT2D eigenvalue weighted by molar-refractivity contribution is -0.115. The Labute approximate surface area is 181 Å². The van der Waals surface area contributed by atoms with E-state index >= 15 is 0 Å². The van der Waals surface area contributed by atoms with Gasteiger partial charge in [0.1, 0.15) is 10.7 Å². The number of nitrogens with one attached hydrogen (secondary N) is 1. The number of carbonyl (C=O) groups excluding carboxylic acids is 1. The summed E-state index contributed by atoms with van der Waals surface area (Å²) in [5, 5.41) is 12.4. The fraction of sp³-hybridized carbons (Fsp3) is 0.435. The minimum absolute atomic E-state index is 0.0425. The number of methoxy groups -OCH3 is 1. The molecular formula is C23H29N3O3S. The second-order valence-electron chi connectivity index (χ2n) is 7.28. The molecule has 0 aliphatic carbocycles. The van der Waals surface area contributed by atoms with Gasteiger partial charge in [0.05, 0.1) is 17.7 Å². The second kappa shape index (κ2) is 11.5. The Kier molecular flexibility index (Phi) is 9.03. The van der Waals surface area contributed by atoms with Crippen LogP contribution < -0.4 is 20.1 Å². The summed E-state index contributed by atoms with van der Waals surface area (Å²) >= 11 is 1.16. The zero-order valence-corrected chi connectivity index (χ0v) is 18.8. The number of unbranched alkanes of at least 4 members (excludes halogenated alkanes) is 1. The number of nitriles is 1. The van der Waals surface area contributed by atoms with Crippen molar-refractivity contribution in [3.8, 4) is 6.07 Å². The van der Waals surface area contributed by atoms with Crippen LogP contribution in [0.25, 0.3) is 11.6 Å². The number of nitrogens with zero attached hydrogens (tertiary/aromatic N) is 2. The first-order valence-corrected chi connectivity index (χ1v) is 11.0. The Balaban J connectivity index is 2.59. The van der Waals surface area contributed by atoms with Gasteiger partial charge in [0.2, 0.25) is 0 Å². The van der Waals surface area contributed by atoms with Crippen LogP contribution in [0.1, 0.15) is 50.7 Å². The van der Waals surface area contributed by atoms with Crippen LogP contribution in [0.4, 0.5) is 0 Å². The molecule has 1 aromatic heterocycles. The molecule has 0 radical (unpaired) electrons. The number of carbonyl (C=O) groups is 1.